The highest BCUT2D eigenvalue weighted by Crippen LogP contribution is 2.09. The Kier molecular flexibility index (Phi) is 4.72. The second kappa shape index (κ2) is 6.07. The number of anilines is 1. The summed E-state index contributed by atoms with van der Waals surface area (Å²) in [6.07, 6.45) is 2.28. The van der Waals surface area contributed by atoms with E-state index in [1.54, 1.807) is 19.2 Å². The largest absolute Gasteiger partial charge is 0.478 e. The van der Waals surface area contributed by atoms with Crippen LogP contribution in [0.3, 0.4) is 0 Å². The van der Waals surface area contributed by atoms with E-state index in [9.17, 15) is 4.79 Å². The molecule has 0 radical (unpaired) electrons. The van der Waals surface area contributed by atoms with Crippen LogP contribution in [0, 0.1) is 0 Å². The van der Waals surface area contributed by atoms with Crippen molar-refractivity contribution in [3.05, 3.63) is 23.9 Å². The van der Waals surface area contributed by atoms with Gasteiger partial charge in [-0.05, 0) is 18.6 Å². The fourth-order valence-electron chi connectivity index (χ4n) is 1.30. The van der Waals surface area contributed by atoms with Crippen molar-refractivity contribution < 1.29 is 14.6 Å². The summed E-state index contributed by atoms with van der Waals surface area (Å²) in [5, 5.41) is 8.72. The summed E-state index contributed by atoms with van der Waals surface area (Å²) in [4.78, 5) is 16.7. The Morgan fingerprint density at radius 3 is 2.81 bits per heavy atom. The predicted molar refractivity (Wildman–Crippen MR) is 61.0 cm³/mol. The van der Waals surface area contributed by atoms with Gasteiger partial charge in [-0.25, -0.2) is 9.78 Å². The third kappa shape index (κ3) is 3.51. The van der Waals surface area contributed by atoms with Gasteiger partial charge in [0, 0.05) is 33.5 Å². The summed E-state index contributed by atoms with van der Waals surface area (Å²) in [7, 11) is 3.58. The van der Waals surface area contributed by atoms with Crippen LogP contribution in [-0.4, -0.2) is 43.4 Å². The molecule has 0 spiro atoms. The van der Waals surface area contributed by atoms with Crippen molar-refractivity contribution in [1.29, 1.82) is 0 Å². The molecule has 0 aliphatic carbocycles. The molecule has 5 heteroatoms. The summed E-state index contributed by atoms with van der Waals surface area (Å²) in [5.74, 6) is -0.192. The lowest BCUT2D eigenvalue weighted by molar-refractivity contribution is 0.0696. The molecular weight excluding hydrogens is 208 g/mol. The van der Waals surface area contributed by atoms with E-state index in [2.05, 4.69) is 4.98 Å². The number of rotatable bonds is 6. The van der Waals surface area contributed by atoms with Crippen molar-refractivity contribution in [2.75, 3.05) is 32.2 Å². The van der Waals surface area contributed by atoms with Gasteiger partial charge in [0.25, 0.3) is 0 Å². The summed E-state index contributed by atoms with van der Waals surface area (Å²) in [5.41, 5.74) is 0.203. The number of hydrogen-bond acceptors (Lipinski definition) is 4. The molecule has 0 atom stereocenters. The van der Waals surface area contributed by atoms with Crippen LogP contribution in [-0.2, 0) is 4.74 Å². The summed E-state index contributed by atoms with van der Waals surface area (Å²) < 4.78 is 4.95. The van der Waals surface area contributed by atoms with E-state index < -0.39 is 5.97 Å². The Balaban J connectivity index is 2.56. The van der Waals surface area contributed by atoms with Crippen LogP contribution in [0.4, 0.5) is 5.82 Å². The molecule has 0 saturated carbocycles. The maximum Gasteiger partial charge on any atom is 0.337 e. The zero-order chi connectivity index (χ0) is 12.0. The van der Waals surface area contributed by atoms with Crippen LogP contribution in [0.5, 0.6) is 0 Å². The maximum atomic E-state index is 10.6. The van der Waals surface area contributed by atoms with Gasteiger partial charge in [0.2, 0.25) is 0 Å². The highest BCUT2D eigenvalue weighted by molar-refractivity contribution is 5.87. The lowest BCUT2D eigenvalue weighted by Gasteiger charge is -2.17. The lowest BCUT2D eigenvalue weighted by Crippen LogP contribution is -2.20. The second-order valence-corrected chi connectivity index (χ2v) is 3.48. The minimum Gasteiger partial charge on any atom is -0.478 e. The fourth-order valence-corrected chi connectivity index (χ4v) is 1.30. The number of aromatic nitrogens is 1. The Labute approximate surface area is 94.7 Å². The maximum absolute atomic E-state index is 10.6. The van der Waals surface area contributed by atoms with E-state index in [0.717, 1.165) is 18.8 Å². The topological polar surface area (TPSA) is 62.7 Å². The summed E-state index contributed by atoms with van der Waals surface area (Å²) in [6, 6.07) is 3.26. The standard InChI is InChI=1S/C11H16N2O3/c1-13(6-3-7-16-2)10-5-4-9(8-12-10)11(14)15/h4-5,8H,3,6-7H2,1-2H3,(H,14,15). The zero-order valence-corrected chi connectivity index (χ0v) is 9.51. The Bertz CT molecular complexity index is 338. The smallest absolute Gasteiger partial charge is 0.337 e. The minimum atomic E-state index is -0.957. The molecule has 0 aliphatic rings. The molecule has 1 rings (SSSR count). The van der Waals surface area contributed by atoms with E-state index >= 15 is 0 Å². The van der Waals surface area contributed by atoms with Crippen LogP contribution in [0.1, 0.15) is 16.8 Å². The summed E-state index contributed by atoms with van der Waals surface area (Å²) in [6.45, 7) is 1.53. The Hall–Kier alpha value is -1.62. The zero-order valence-electron chi connectivity index (χ0n) is 9.51. The van der Waals surface area contributed by atoms with Crippen molar-refractivity contribution >= 4 is 11.8 Å². The second-order valence-electron chi connectivity index (χ2n) is 3.48. The van der Waals surface area contributed by atoms with Gasteiger partial charge in [-0.15, -0.1) is 0 Å². The molecule has 0 aromatic carbocycles. The molecule has 0 bridgehead atoms. The average molecular weight is 224 g/mol. The van der Waals surface area contributed by atoms with E-state index in [-0.39, 0.29) is 5.56 Å². The first-order valence-corrected chi connectivity index (χ1v) is 5.04. The quantitative estimate of drug-likeness (QED) is 0.737. The van der Waals surface area contributed by atoms with Gasteiger partial charge in [0.1, 0.15) is 5.82 Å². The summed E-state index contributed by atoms with van der Waals surface area (Å²) >= 11 is 0. The molecular formula is C11H16N2O3. The number of carbonyl (C=O) groups is 1. The van der Waals surface area contributed by atoms with Crippen molar-refractivity contribution in [2.24, 2.45) is 0 Å². The van der Waals surface area contributed by atoms with Gasteiger partial charge in [0.15, 0.2) is 0 Å². The first-order chi connectivity index (χ1) is 7.65. The Morgan fingerprint density at radius 1 is 1.56 bits per heavy atom. The molecule has 16 heavy (non-hydrogen) atoms. The van der Waals surface area contributed by atoms with Crippen molar-refractivity contribution in [2.45, 2.75) is 6.42 Å². The molecule has 5 nitrogen and oxygen atoms in total. The number of ether oxygens (including phenoxy) is 1. The first-order valence-electron chi connectivity index (χ1n) is 5.04. The predicted octanol–water partition coefficient (Wildman–Crippen LogP) is 1.25. The highest BCUT2D eigenvalue weighted by Gasteiger charge is 2.05. The van der Waals surface area contributed by atoms with Gasteiger partial charge >= 0.3 is 5.97 Å². The highest BCUT2D eigenvalue weighted by atomic mass is 16.5. The molecule has 88 valence electrons. The molecule has 1 aromatic rings. The van der Waals surface area contributed by atoms with Crippen LogP contribution in [0.2, 0.25) is 0 Å². The van der Waals surface area contributed by atoms with E-state index in [0.29, 0.717) is 6.61 Å². The van der Waals surface area contributed by atoms with Gasteiger partial charge in [-0.3, -0.25) is 0 Å². The van der Waals surface area contributed by atoms with Crippen molar-refractivity contribution in [1.82, 2.24) is 4.98 Å². The third-order valence-electron chi connectivity index (χ3n) is 2.23. The molecule has 0 unspecified atom stereocenters. The molecule has 0 amide bonds. The number of carboxylic acid groups (broad SMARTS) is 1. The molecule has 0 aliphatic heterocycles. The van der Waals surface area contributed by atoms with Gasteiger partial charge in [0.05, 0.1) is 5.56 Å². The van der Waals surface area contributed by atoms with E-state index in [1.807, 2.05) is 11.9 Å². The molecule has 0 fully saturated rings. The molecule has 1 aromatic heterocycles. The minimum absolute atomic E-state index is 0.203. The molecule has 0 saturated heterocycles. The van der Waals surface area contributed by atoms with Gasteiger partial charge < -0.3 is 14.7 Å². The normalized spacial score (nSPS) is 10.1. The number of pyridine rings is 1. The van der Waals surface area contributed by atoms with Gasteiger partial charge in [-0.2, -0.15) is 0 Å². The number of hydrogen-bond donors (Lipinski definition) is 1. The van der Waals surface area contributed by atoms with Crippen LogP contribution in [0.15, 0.2) is 18.3 Å². The number of aromatic carboxylic acids is 1. The fraction of sp³-hybridized carbons (Fsp3) is 0.455. The van der Waals surface area contributed by atoms with Crippen LogP contribution in [0.25, 0.3) is 0 Å². The van der Waals surface area contributed by atoms with Crippen LogP contribution >= 0.6 is 0 Å². The van der Waals surface area contributed by atoms with Crippen molar-refractivity contribution in [3.8, 4) is 0 Å². The van der Waals surface area contributed by atoms with E-state index in [4.69, 9.17) is 9.84 Å². The van der Waals surface area contributed by atoms with Crippen molar-refractivity contribution in [3.63, 3.8) is 0 Å². The monoisotopic (exact) mass is 224 g/mol. The van der Waals surface area contributed by atoms with E-state index in [1.165, 1.54) is 6.20 Å². The Morgan fingerprint density at radius 2 is 2.31 bits per heavy atom. The lowest BCUT2D eigenvalue weighted by atomic mass is 10.3. The number of methoxy groups -OCH3 is 1. The van der Waals surface area contributed by atoms with Gasteiger partial charge in [-0.1, -0.05) is 0 Å². The average Bonchev–Trinajstić information content (AvgIpc) is 2.29. The SMILES string of the molecule is COCCCN(C)c1ccc(C(=O)O)cn1. The molecule has 1 N–H and O–H groups in total. The number of nitrogens with zero attached hydrogens (tertiary/aromatic N) is 2. The number of carboxylic acids is 1. The first kappa shape index (κ1) is 12.4. The molecule has 1 heterocycles. The van der Waals surface area contributed by atoms with Crippen LogP contribution < -0.4 is 4.90 Å². The third-order valence-corrected chi connectivity index (χ3v) is 2.23.